The number of rotatable bonds is 6. The van der Waals surface area contributed by atoms with Crippen LogP contribution in [0, 0.1) is 12.7 Å². The van der Waals surface area contributed by atoms with Crippen LogP contribution in [0.2, 0.25) is 0 Å². The highest BCUT2D eigenvalue weighted by Gasteiger charge is 2.23. The summed E-state index contributed by atoms with van der Waals surface area (Å²) in [5.41, 5.74) is 1.07. The number of benzene rings is 1. The number of ether oxygens (including phenoxy) is 1. The van der Waals surface area contributed by atoms with Crippen LogP contribution in [0.25, 0.3) is 5.69 Å². The molecule has 6 nitrogen and oxygen atoms in total. The van der Waals surface area contributed by atoms with Crippen molar-refractivity contribution in [2.24, 2.45) is 0 Å². The number of carbonyl (C=O) groups excluding carboxylic acids is 2. The van der Waals surface area contributed by atoms with Crippen LogP contribution >= 0.6 is 11.3 Å². The Bertz CT molecular complexity index is 953. The zero-order chi connectivity index (χ0) is 19.4. The highest BCUT2D eigenvalue weighted by Crippen LogP contribution is 2.24. The van der Waals surface area contributed by atoms with Crippen molar-refractivity contribution in [2.45, 2.75) is 19.4 Å². The average Bonchev–Trinajstić information content (AvgIpc) is 3.31. The van der Waals surface area contributed by atoms with E-state index in [0.717, 1.165) is 4.88 Å². The van der Waals surface area contributed by atoms with Gasteiger partial charge < -0.3 is 10.1 Å². The molecule has 0 spiro atoms. The number of hydrogen-bond donors (Lipinski definition) is 1. The van der Waals surface area contributed by atoms with Crippen molar-refractivity contribution < 1.29 is 18.7 Å². The molecule has 1 amide bonds. The molecular formula is C19H18FN3O3S. The van der Waals surface area contributed by atoms with Gasteiger partial charge in [-0.15, -0.1) is 11.3 Å². The summed E-state index contributed by atoms with van der Waals surface area (Å²) >= 11 is 1.44. The zero-order valence-corrected chi connectivity index (χ0v) is 15.6. The minimum absolute atomic E-state index is 0.0171. The molecule has 3 rings (SSSR count). The maximum absolute atomic E-state index is 14.0. The first-order valence-electron chi connectivity index (χ1n) is 8.22. The number of esters is 1. The molecule has 1 unspecified atom stereocenters. The standard InChI is InChI=1S/C19H18FN3O3S/c1-12-13(11-21-23(12)16-7-4-3-6-14(16)20)19(25)22-15(10-18(24)26-2)17-8-5-9-27-17/h3-9,11,15H,10H2,1-2H3,(H,22,25). The summed E-state index contributed by atoms with van der Waals surface area (Å²) in [6.45, 7) is 1.69. The van der Waals surface area contributed by atoms with E-state index in [0.29, 0.717) is 11.3 Å². The van der Waals surface area contributed by atoms with Crippen LogP contribution < -0.4 is 5.32 Å². The van der Waals surface area contributed by atoms with Crippen LogP contribution in [0.15, 0.2) is 48.0 Å². The number of hydrogen-bond acceptors (Lipinski definition) is 5. The normalized spacial score (nSPS) is 11.8. The molecule has 0 aliphatic carbocycles. The first-order chi connectivity index (χ1) is 13.0. The lowest BCUT2D eigenvalue weighted by Crippen LogP contribution is -2.30. The Morgan fingerprint density at radius 3 is 2.74 bits per heavy atom. The van der Waals surface area contributed by atoms with Gasteiger partial charge in [0.25, 0.3) is 5.91 Å². The predicted octanol–water partition coefficient (Wildman–Crippen LogP) is 3.42. The Hall–Kier alpha value is -3.00. The van der Waals surface area contributed by atoms with Crippen LogP contribution in [-0.2, 0) is 9.53 Å². The van der Waals surface area contributed by atoms with Crippen molar-refractivity contribution in [1.29, 1.82) is 0 Å². The second-order valence-corrected chi connectivity index (χ2v) is 6.81. The molecule has 1 atom stereocenters. The quantitative estimate of drug-likeness (QED) is 0.658. The number of carbonyl (C=O) groups is 2. The SMILES string of the molecule is COC(=O)CC(NC(=O)c1cnn(-c2ccccc2F)c1C)c1cccs1. The van der Waals surface area contributed by atoms with Crippen molar-refractivity contribution in [2.75, 3.05) is 7.11 Å². The van der Waals surface area contributed by atoms with Crippen molar-refractivity contribution in [1.82, 2.24) is 15.1 Å². The summed E-state index contributed by atoms with van der Waals surface area (Å²) in [4.78, 5) is 25.3. The molecule has 140 valence electrons. The molecule has 8 heteroatoms. The van der Waals surface area contributed by atoms with Gasteiger partial charge in [0, 0.05) is 4.88 Å². The third kappa shape index (κ3) is 4.06. The monoisotopic (exact) mass is 387 g/mol. The number of aromatic nitrogens is 2. The molecule has 2 heterocycles. The summed E-state index contributed by atoms with van der Waals surface area (Å²) in [5, 5.41) is 8.85. The first kappa shape index (κ1) is 18.8. The van der Waals surface area contributed by atoms with Crippen LogP contribution in [0.4, 0.5) is 4.39 Å². The van der Waals surface area contributed by atoms with Gasteiger partial charge in [0.2, 0.25) is 0 Å². The Kier molecular flexibility index (Phi) is 5.66. The molecule has 0 saturated heterocycles. The van der Waals surface area contributed by atoms with Gasteiger partial charge in [0.05, 0.1) is 37.0 Å². The number of nitrogens with zero attached hydrogens (tertiary/aromatic N) is 2. The molecular weight excluding hydrogens is 369 g/mol. The second-order valence-electron chi connectivity index (χ2n) is 5.83. The molecule has 1 aromatic carbocycles. The van der Waals surface area contributed by atoms with Crippen molar-refractivity contribution >= 4 is 23.2 Å². The number of para-hydroxylation sites is 1. The lowest BCUT2D eigenvalue weighted by Gasteiger charge is -2.16. The molecule has 0 bridgehead atoms. The fraction of sp³-hybridized carbons (Fsp3) is 0.211. The smallest absolute Gasteiger partial charge is 0.307 e. The fourth-order valence-electron chi connectivity index (χ4n) is 2.70. The van der Waals surface area contributed by atoms with Crippen molar-refractivity contribution in [3.8, 4) is 5.69 Å². The molecule has 0 saturated carbocycles. The first-order valence-corrected chi connectivity index (χ1v) is 9.10. The van der Waals surface area contributed by atoms with Crippen molar-refractivity contribution in [3.63, 3.8) is 0 Å². The number of nitrogens with one attached hydrogen (secondary N) is 1. The van der Waals surface area contributed by atoms with E-state index in [1.165, 1.54) is 35.4 Å². The number of amides is 1. The van der Waals surface area contributed by atoms with Crippen molar-refractivity contribution in [3.05, 3.63) is 69.9 Å². The number of thiophene rings is 1. The largest absolute Gasteiger partial charge is 0.469 e. The summed E-state index contributed by atoms with van der Waals surface area (Å²) in [6.07, 6.45) is 1.41. The summed E-state index contributed by atoms with van der Waals surface area (Å²) in [5.74, 6) is -1.25. The van der Waals surface area contributed by atoms with Gasteiger partial charge >= 0.3 is 5.97 Å². The number of halogens is 1. The van der Waals surface area contributed by atoms with Gasteiger partial charge in [0.1, 0.15) is 11.5 Å². The topological polar surface area (TPSA) is 73.2 Å². The van der Waals surface area contributed by atoms with Gasteiger partial charge in [-0.1, -0.05) is 18.2 Å². The molecule has 0 radical (unpaired) electrons. The zero-order valence-electron chi connectivity index (χ0n) is 14.8. The van der Waals surface area contributed by atoms with Crippen LogP contribution in [0.1, 0.15) is 33.4 Å². The third-order valence-electron chi connectivity index (χ3n) is 4.13. The summed E-state index contributed by atoms with van der Waals surface area (Å²) in [6, 6.07) is 9.38. The highest BCUT2D eigenvalue weighted by molar-refractivity contribution is 7.10. The second kappa shape index (κ2) is 8.13. The fourth-order valence-corrected chi connectivity index (χ4v) is 3.48. The van der Waals surface area contributed by atoms with E-state index >= 15 is 0 Å². The van der Waals surface area contributed by atoms with Gasteiger partial charge in [-0.2, -0.15) is 5.10 Å². The lowest BCUT2D eigenvalue weighted by molar-refractivity contribution is -0.141. The van der Waals surface area contributed by atoms with Gasteiger partial charge in [-0.05, 0) is 30.5 Å². The van der Waals surface area contributed by atoms with Gasteiger partial charge in [-0.3, -0.25) is 9.59 Å². The van der Waals surface area contributed by atoms with Crippen LogP contribution in [0.3, 0.4) is 0 Å². The van der Waals surface area contributed by atoms with E-state index in [9.17, 15) is 14.0 Å². The van der Waals surface area contributed by atoms with E-state index in [1.54, 1.807) is 25.1 Å². The highest BCUT2D eigenvalue weighted by atomic mass is 32.1. The molecule has 27 heavy (non-hydrogen) atoms. The Balaban J connectivity index is 1.85. The summed E-state index contributed by atoms with van der Waals surface area (Å²) < 4.78 is 20.1. The molecule has 0 fully saturated rings. The predicted molar refractivity (Wildman–Crippen MR) is 99.4 cm³/mol. The minimum atomic E-state index is -0.513. The minimum Gasteiger partial charge on any atom is -0.469 e. The Morgan fingerprint density at radius 1 is 1.30 bits per heavy atom. The maximum Gasteiger partial charge on any atom is 0.307 e. The molecule has 2 aromatic heterocycles. The maximum atomic E-state index is 14.0. The molecule has 0 aliphatic heterocycles. The third-order valence-corrected chi connectivity index (χ3v) is 5.11. The van der Waals surface area contributed by atoms with E-state index < -0.39 is 23.7 Å². The molecule has 0 aliphatic rings. The average molecular weight is 387 g/mol. The van der Waals surface area contributed by atoms with Crippen LogP contribution in [-0.4, -0.2) is 28.8 Å². The molecule has 3 aromatic rings. The van der Waals surface area contributed by atoms with E-state index in [4.69, 9.17) is 4.74 Å². The van der Waals surface area contributed by atoms with Gasteiger partial charge in [0.15, 0.2) is 0 Å². The van der Waals surface area contributed by atoms with E-state index in [1.807, 2.05) is 17.5 Å². The molecule has 1 N–H and O–H groups in total. The van der Waals surface area contributed by atoms with E-state index in [2.05, 4.69) is 10.4 Å². The summed E-state index contributed by atoms with van der Waals surface area (Å²) in [7, 11) is 1.30. The Labute approximate surface area is 159 Å². The Morgan fingerprint density at radius 2 is 2.07 bits per heavy atom. The van der Waals surface area contributed by atoms with Gasteiger partial charge in [-0.25, -0.2) is 9.07 Å². The van der Waals surface area contributed by atoms with E-state index in [-0.39, 0.29) is 12.1 Å². The lowest BCUT2D eigenvalue weighted by atomic mass is 10.1. The number of methoxy groups -OCH3 is 1. The van der Waals surface area contributed by atoms with Crippen LogP contribution in [0.5, 0.6) is 0 Å².